The van der Waals surface area contributed by atoms with E-state index in [-0.39, 0.29) is 29.1 Å². The van der Waals surface area contributed by atoms with E-state index in [9.17, 15) is 18.0 Å². The maximum Gasteiger partial charge on any atom is 0.416 e. The highest BCUT2D eigenvalue weighted by Crippen LogP contribution is 2.31. The van der Waals surface area contributed by atoms with Gasteiger partial charge in [0.2, 0.25) is 5.91 Å². The molecular weight excluding hydrogens is 321 g/mol. The molecular formula is C16H17F3N4O. The molecule has 0 bridgehead atoms. The summed E-state index contributed by atoms with van der Waals surface area (Å²) in [5, 5.41) is 13.0. The molecule has 0 atom stereocenters. The molecule has 0 unspecified atom stereocenters. The summed E-state index contributed by atoms with van der Waals surface area (Å²) in [6.07, 6.45) is -4.04. The van der Waals surface area contributed by atoms with Crippen LogP contribution in [0.25, 0.3) is 0 Å². The molecule has 1 heterocycles. The first-order valence-corrected chi connectivity index (χ1v) is 7.32. The zero-order valence-electron chi connectivity index (χ0n) is 13.2. The van der Waals surface area contributed by atoms with Crippen LogP contribution in [0.3, 0.4) is 0 Å². The van der Waals surface area contributed by atoms with Crippen molar-refractivity contribution in [3.05, 3.63) is 42.0 Å². The van der Waals surface area contributed by atoms with Crippen molar-refractivity contribution in [2.45, 2.75) is 26.4 Å². The largest absolute Gasteiger partial charge is 0.416 e. The minimum atomic E-state index is -4.41. The van der Waals surface area contributed by atoms with Gasteiger partial charge in [0.25, 0.3) is 0 Å². The number of carbonyl (C=O) groups is 1. The lowest BCUT2D eigenvalue weighted by Gasteiger charge is -2.10. The molecule has 1 aromatic heterocycles. The maximum absolute atomic E-state index is 12.7. The second kappa shape index (κ2) is 7.29. The molecule has 0 fully saturated rings. The van der Waals surface area contributed by atoms with E-state index in [0.29, 0.717) is 6.42 Å². The molecule has 128 valence electrons. The summed E-state index contributed by atoms with van der Waals surface area (Å²) in [5.41, 5.74) is -0.506. The Labute approximate surface area is 137 Å². The van der Waals surface area contributed by atoms with Crippen LogP contribution in [0, 0.1) is 5.92 Å². The van der Waals surface area contributed by atoms with Crippen LogP contribution in [0.15, 0.2) is 36.4 Å². The van der Waals surface area contributed by atoms with Gasteiger partial charge in [-0.25, -0.2) is 0 Å². The second-order valence-corrected chi connectivity index (χ2v) is 5.65. The van der Waals surface area contributed by atoms with Crippen molar-refractivity contribution >= 4 is 23.2 Å². The van der Waals surface area contributed by atoms with Crippen molar-refractivity contribution < 1.29 is 18.0 Å². The monoisotopic (exact) mass is 338 g/mol. The molecule has 2 N–H and O–H groups in total. The van der Waals surface area contributed by atoms with Gasteiger partial charge in [-0.3, -0.25) is 4.79 Å². The third-order valence-electron chi connectivity index (χ3n) is 2.99. The van der Waals surface area contributed by atoms with Gasteiger partial charge in [0.1, 0.15) is 0 Å². The smallest absolute Gasteiger partial charge is 0.339 e. The summed E-state index contributed by atoms with van der Waals surface area (Å²) in [6, 6.07) is 7.83. The van der Waals surface area contributed by atoms with Gasteiger partial charge in [0.15, 0.2) is 11.6 Å². The Morgan fingerprint density at radius 3 is 2.38 bits per heavy atom. The van der Waals surface area contributed by atoms with Crippen molar-refractivity contribution in [3.63, 3.8) is 0 Å². The van der Waals surface area contributed by atoms with Crippen LogP contribution in [-0.4, -0.2) is 16.1 Å². The van der Waals surface area contributed by atoms with Gasteiger partial charge in [-0.1, -0.05) is 19.9 Å². The van der Waals surface area contributed by atoms with Gasteiger partial charge in [-0.05, 0) is 36.2 Å². The van der Waals surface area contributed by atoms with Gasteiger partial charge < -0.3 is 10.6 Å². The molecule has 8 heteroatoms. The Kier molecular flexibility index (Phi) is 5.38. The topological polar surface area (TPSA) is 66.9 Å². The summed E-state index contributed by atoms with van der Waals surface area (Å²) in [4.78, 5) is 11.6. The fourth-order valence-corrected chi connectivity index (χ4v) is 1.95. The SMILES string of the molecule is CC(C)CC(=O)Nc1ccc(Nc2cccc(C(F)(F)F)c2)nn1. The number of carbonyl (C=O) groups excluding carboxylic acids is 1. The zero-order chi connectivity index (χ0) is 17.7. The molecule has 2 rings (SSSR count). The molecule has 0 aliphatic heterocycles. The van der Waals surface area contributed by atoms with Crippen LogP contribution in [0.2, 0.25) is 0 Å². The van der Waals surface area contributed by atoms with Crippen molar-refractivity contribution in [2.75, 3.05) is 10.6 Å². The van der Waals surface area contributed by atoms with Crippen LogP contribution < -0.4 is 10.6 Å². The second-order valence-electron chi connectivity index (χ2n) is 5.65. The Morgan fingerprint density at radius 1 is 1.12 bits per heavy atom. The zero-order valence-corrected chi connectivity index (χ0v) is 13.2. The number of halogens is 3. The van der Waals surface area contributed by atoms with Crippen LogP contribution in [0.1, 0.15) is 25.8 Å². The highest BCUT2D eigenvalue weighted by Gasteiger charge is 2.30. The highest BCUT2D eigenvalue weighted by atomic mass is 19.4. The number of nitrogens with zero attached hydrogens (tertiary/aromatic N) is 2. The number of rotatable bonds is 5. The normalized spacial score (nSPS) is 11.4. The van der Waals surface area contributed by atoms with Crippen molar-refractivity contribution in [1.82, 2.24) is 10.2 Å². The van der Waals surface area contributed by atoms with E-state index in [1.807, 2.05) is 13.8 Å². The highest BCUT2D eigenvalue weighted by molar-refractivity contribution is 5.89. The number of alkyl halides is 3. The number of benzene rings is 1. The molecule has 0 saturated carbocycles. The van der Waals surface area contributed by atoms with E-state index in [1.165, 1.54) is 24.3 Å². The number of aromatic nitrogens is 2. The molecule has 1 aromatic carbocycles. The van der Waals surface area contributed by atoms with Crippen molar-refractivity contribution in [2.24, 2.45) is 5.92 Å². The van der Waals surface area contributed by atoms with E-state index < -0.39 is 11.7 Å². The van der Waals surface area contributed by atoms with Gasteiger partial charge in [-0.2, -0.15) is 13.2 Å². The summed E-state index contributed by atoms with van der Waals surface area (Å²) in [7, 11) is 0. The standard InChI is InChI=1S/C16H17F3N4O/c1-10(2)8-15(24)21-14-7-6-13(22-23-14)20-12-5-3-4-11(9-12)16(17,18)19/h3-7,9-10H,8H2,1-2H3,(H,20,22)(H,21,23,24). The Bertz CT molecular complexity index is 699. The van der Waals surface area contributed by atoms with E-state index in [1.54, 1.807) is 0 Å². The van der Waals surface area contributed by atoms with E-state index in [0.717, 1.165) is 12.1 Å². The summed E-state index contributed by atoms with van der Waals surface area (Å²) < 4.78 is 38.0. The fraction of sp³-hybridized carbons (Fsp3) is 0.312. The van der Waals surface area contributed by atoms with E-state index in [4.69, 9.17) is 0 Å². The predicted molar refractivity (Wildman–Crippen MR) is 84.8 cm³/mol. The molecule has 5 nitrogen and oxygen atoms in total. The number of nitrogens with one attached hydrogen (secondary N) is 2. The molecule has 0 aliphatic carbocycles. The molecule has 2 aromatic rings. The first-order valence-electron chi connectivity index (χ1n) is 7.32. The first kappa shape index (κ1) is 17.7. The summed E-state index contributed by atoms with van der Waals surface area (Å²) in [5.74, 6) is 0.615. The number of hydrogen-bond acceptors (Lipinski definition) is 4. The third-order valence-corrected chi connectivity index (χ3v) is 2.99. The molecule has 0 spiro atoms. The lowest BCUT2D eigenvalue weighted by molar-refractivity contribution is -0.137. The number of anilines is 3. The minimum Gasteiger partial charge on any atom is -0.339 e. The Balaban J connectivity index is 2.03. The average Bonchev–Trinajstić information content (AvgIpc) is 2.48. The summed E-state index contributed by atoms with van der Waals surface area (Å²) >= 11 is 0. The molecule has 24 heavy (non-hydrogen) atoms. The summed E-state index contributed by atoms with van der Waals surface area (Å²) in [6.45, 7) is 3.85. The lowest BCUT2D eigenvalue weighted by Crippen LogP contribution is -2.15. The Morgan fingerprint density at radius 2 is 1.79 bits per heavy atom. The Hall–Kier alpha value is -2.64. The van der Waals surface area contributed by atoms with Crippen molar-refractivity contribution in [3.8, 4) is 0 Å². The first-order chi connectivity index (χ1) is 11.2. The van der Waals surface area contributed by atoms with E-state index in [2.05, 4.69) is 20.8 Å². The van der Waals surface area contributed by atoms with Gasteiger partial charge in [0, 0.05) is 12.1 Å². The molecule has 0 aliphatic rings. The predicted octanol–water partition coefficient (Wildman–Crippen LogP) is 4.22. The third kappa shape index (κ3) is 5.22. The molecule has 1 amide bonds. The van der Waals surface area contributed by atoms with Crippen LogP contribution in [0.4, 0.5) is 30.5 Å². The van der Waals surface area contributed by atoms with E-state index >= 15 is 0 Å². The maximum atomic E-state index is 12.7. The molecule has 0 radical (unpaired) electrons. The number of amides is 1. The van der Waals surface area contributed by atoms with Gasteiger partial charge >= 0.3 is 6.18 Å². The minimum absolute atomic E-state index is 0.169. The molecule has 0 saturated heterocycles. The van der Waals surface area contributed by atoms with Crippen LogP contribution in [0.5, 0.6) is 0 Å². The average molecular weight is 338 g/mol. The van der Waals surface area contributed by atoms with Crippen molar-refractivity contribution in [1.29, 1.82) is 0 Å². The lowest BCUT2D eigenvalue weighted by atomic mass is 10.1. The fourth-order valence-electron chi connectivity index (χ4n) is 1.95. The van der Waals surface area contributed by atoms with Gasteiger partial charge in [-0.15, -0.1) is 10.2 Å². The van der Waals surface area contributed by atoms with Gasteiger partial charge in [0.05, 0.1) is 5.56 Å². The quantitative estimate of drug-likeness (QED) is 0.856. The number of hydrogen-bond donors (Lipinski definition) is 2. The van der Waals surface area contributed by atoms with Crippen LogP contribution in [-0.2, 0) is 11.0 Å². The van der Waals surface area contributed by atoms with Crippen LogP contribution >= 0.6 is 0 Å².